The summed E-state index contributed by atoms with van der Waals surface area (Å²) in [7, 11) is 0. The number of alkyl halides is 3. The van der Waals surface area contributed by atoms with Crippen molar-refractivity contribution in [3.63, 3.8) is 0 Å². The highest BCUT2D eigenvalue weighted by Gasteiger charge is 2.32. The Labute approximate surface area is 121 Å². The van der Waals surface area contributed by atoms with Crippen molar-refractivity contribution >= 4 is 18.3 Å². The molecule has 0 saturated carbocycles. The number of nitrogens with zero attached hydrogens (tertiary/aromatic N) is 1. The Morgan fingerprint density at radius 2 is 2.00 bits per heavy atom. The van der Waals surface area contributed by atoms with E-state index in [1.165, 1.54) is 6.92 Å². The lowest BCUT2D eigenvalue weighted by Gasteiger charge is -2.10. The van der Waals surface area contributed by atoms with E-state index in [-0.39, 0.29) is 23.7 Å². The number of unbranched alkanes of at least 4 members (excludes halogenated alkanes) is 1. The molecule has 114 valence electrons. The number of nitrogens with one attached hydrogen (secondary N) is 1. The van der Waals surface area contributed by atoms with E-state index in [1.807, 2.05) is 0 Å². The van der Waals surface area contributed by atoms with Gasteiger partial charge in [0.2, 0.25) is 0 Å². The SMILES string of the molecule is Cc1nc(C(F)(F)F)ccc1C(=O)NCCCCN.Cl. The van der Waals surface area contributed by atoms with Gasteiger partial charge in [-0.25, -0.2) is 4.98 Å². The van der Waals surface area contributed by atoms with Crippen LogP contribution in [0.5, 0.6) is 0 Å². The molecule has 0 saturated heterocycles. The maximum atomic E-state index is 12.4. The van der Waals surface area contributed by atoms with Gasteiger partial charge in [-0.15, -0.1) is 12.4 Å². The van der Waals surface area contributed by atoms with Crippen molar-refractivity contribution in [1.29, 1.82) is 0 Å². The van der Waals surface area contributed by atoms with Crippen molar-refractivity contribution in [1.82, 2.24) is 10.3 Å². The second kappa shape index (κ2) is 8.06. The molecule has 0 bridgehead atoms. The summed E-state index contributed by atoms with van der Waals surface area (Å²) in [6.07, 6.45) is -2.99. The van der Waals surface area contributed by atoms with Crippen LogP contribution in [-0.4, -0.2) is 24.0 Å². The summed E-state index contributed by atoms with van der Waals surface area (Å²) in [5.41, 5.74) is 4.53. The van der Waals surface area contributed by atoms with Gasteiger partial charge in [0.05, 0.1) is 11.3 Å². The van der Waals surface area contributed by atoms with Crippen molar-refractivity contribution in [2.24, 2.45) is 5.73 Å². The van der Waals surface area contributed by atoms with E-state index in [2.05, 4.69) is 10.3 Å². The van der Waals surface area contributed by atoms with Crippen molar-refractivity contribution in [3.8, 4) is 0 Å². The maximum absolute atomic E-state index is 12.4. The van der Waals surface area contributed by atoms with Gasteiger partial charge < -0.3 is 11.1 Å². The van der Waals surface area contributed by atoms with E-state index in [0.717, 1.165) is 25.0 Å². The van der Waals surface area contributed by atoms with Gasteiger partial charge in [-0.05, 0) is 38.4 Å². The standard InChI is InChI=1S/C12H16F3N3O.ClH/c1-8-9(11(19)17-7-3-2-6-16)4-5-10(18-8)12(13,14)15;/h4-5H,2-3,6-7,16H2,1H3,(H,17,19);1H. The second-order valence-electron chi connectivity index (χ2n) is 4.08. The predicted octanol–water partition coefficient (Wildman–Crippen LogP) is 2.30. The van der Waals surface area contributed by atoms with E-state index in [4.69, 9.17) is 5.73 Å². The molecule has 0 aromatic carbocycles. The molecule has 1 heterocycles. The molecule has 0 fully saturated rings. The lowest BCUT2D eigenvalue weighted by atomic mass is 10.1. The van der Waals surface area contributed by atoms with Gasteiger partial charge in [-0.3, -0.25) is 4.79 Å². The third-order valence-electron chi connectivity index (χ3n) is 2.54. The lowest BCUT2D eigenvalue weighted by molar-refractivity contribution is -0.141. The van der Waals surface area contributed by atoms with Crippen molar-refractivity contribution in [2.75, 3.05) is 13.1 Å². The maximum Gasteiger partial charge on any atom is 0.433 e. The molecule has 1 amide bonds. The Kier molecular flexibility index (Phi) is 7.52. The zero-order valence-corrected chi connectivity index (χ0v) is 11.8. The summed E-state index contributed by atoms with van der Waals surface area (Å²) in [4.78, 5) is 15.1. The van der Waals surface area contributed by atoms with Gasteiger partial charge in [-0.1, -0.05) is 0 Å². The molecule has 0 aliphatic heterocycles. The minimum atomic E-state index is -4.50. The van der Waals surface area contributed by atoms with Crippen LogP contribution in [0, 0.1) is 6.92 Å². The van der Waals surface area contributed by atoms with Gasteiger partial charge in [0.15, 0.2) is 0 Å². The first-order valence-electron chi connectivity index (χ1n) is 5.89. The van der Waals surface area contributed by atoms with E-state index in [0.29, 0.717) is 13.1 Å². The number of aromatic nitrogens is 1. The zero-order valence-electron chi connectivity index (χ0n) is 11.0. The molecular weight excluding hydrogens is 295 g/mol. The Bertz CT molecular complexity index is 452. The number of hydrogen-bond acceptors (Lipinski definition) is 3. The average molecular weight is 312 g/mol. The highest BCUT2D eigenvalue weighted by molar-refractivity contribution is 5.95. The number of amides is 1. The summed E-state index contributed by atoms with van der Waals surface area (Å²) < 4.78 is 37.2. The second-order valence-corrected chi connectivity index (χ2v) is 4.08. The molecule has 0 spiro atoms. The molecule has 1 aromatic heterocycles. The van der Waals surface area contributed by atoms with E-state index >= 15 is 0 Å². The molecule has 0 aliphatic rings. The van der Waals surface area contributed by atoms with E-state index in [9.17, 15) is 18.0 Å². The van der Waals surface area contributed by atoms with Crippen molar-refractivity contribution < 1.29 is 18.0 Å². The highest BCUT2D eigenvalue weighted by Crippen LogP contribution is 2.28. The summed E-state index contributed by atoms with van der Waals surface area (Å²) in [5, 5.41) is 2.62. The average Bonchev–Trinajstić information content (AvgIpc) is 2.33. The Balaban J connectivity index is 0.00000361. The fourth-order valence-electron chi connectivity index (χ4n) is 1.53. The molecule has 0 aliphatic carbocycles. The van der Waals surface area contributed by atoms with Gasteiger partial charge in [-0.2, -0.15) is 13.2 Å². The van der Waals surface area contributed by atoms with Gasteiger partial charge >= 0.3 is 6.18 Å². The van der Waals surface area contributed by atoms with Crippen molar-refractivity contribution in [3.05, 3.63) is 29.1 Å². The van der Waals surface area contributed by atoms with E-state index in [1.54, 1.807) is 0 Å². The first-order valence-corrected chi connectivity index (χ1v) is 5.89. The van der Waals surface area contributed by atoms with Gasteiger partial charge in [0, 0.05) is 6.54 Å². The molecular formula is C12H17ClF3N3O. The zero-order chi connectivity index (χ0) is 14.5. The molecule has 20 heavy (non-hydrogen) atoms. The van der Waals surface area contributed by atoms with Gasteiger partial charge in [0.1, 0.15) is 5.69 Å². The number of halogens is 4. The largest absolute Gasteiger partial charge is 0.433 e. The summed E-state index contributed by atoms with van der Waals surface area (Å²) >= 11 is 0. The number of aryl methyl sites for hydroxylation is 1. The summed E-state index contributed by atoms with van der Waals surface area (Å²) in [6.45, 7) is 2.36. The number of pyridine rings is 1. The number of rotatable bonds is 5. The predicted molar refractivity (Wildman–Crippen MR) is 71.8 cm³/mol. The third-order valence-corrected chi connectivity index (χ3v) is 2.54. The van der Waals surface area contributed by atoms with Gasteiger partial charge in [0.25, 0.3) is 5.91 Å². The van der Waals surface area contributed by atoms with Crippen LogP contribution in [0.25, 0.3) is 0 Å². The fraction of sp³-hybridized carbons (Fsp3) is 0.500. The smallest absolute Gasteiger partial charge is 0.352 e. The van der Waals surface area contributed by atoms with Crippen LogP contribution in [0.4, 0.5) is 13.2 Å². The van der Waals surface area contributed by atoms with Crippen LogP contribution in [0.2, 0.25) is 0 Å². The molecule has 0 radical (unpaired) electrons. The Hall–Kier alpha value is -1.34. The molecule has 0 unspecified atom stereocenters. The fourth-order valence-corrected chi connectivity index (χ4v) is 1.53. The van der Waals surface area contributed by atoms with Crippen LogP contribution in [0.15, 0.2) is 12.1 Å². The van der Waals surface area contributed by atoms with Crippen LogP contribution in [-0.2, 0) is 6.18 Å². The minimum absolute atomic E-state index is 0. The number of hydrogen-bond donors (Lipinski definition) is 2. The highest BCUT2D eigenvalue weighted by atomic mass is 35.5. The third kappa shape index (κ3) is 5.34. The van der Waals surface area contributed by atoms with Crippen LogP contribution in [0.3, 0.4) is 0 Å². The molecule has 1 aromatic rings. The first-order chi connectivity index (χ1) is 8.86. The van der Waals surface area contributed by atoms with Crippen LogP contribution < -0.4 is 11.1 Å². The van der Waals surface area contributed by atoms with Crippen LogP contribution in [0.1, 0.15) is 34.6 Å². The lowest BCUT2D eigenvalue weighted by Crippen LogP contribution is -2.26. The molecule has 0 atom stereocenters. The molecule has 1 rings (SSSR count). The summed E-state index contributed by atoms with van der Waals surface area (Å²) in [5.74, 6) is -0.421. The van der Waals surface area contributed by atoms with Crippen molar-refractivity contribution in [2.45, 2.75) is 25.9 Å². The minimum Gasteiger partial charge on any atom is -0.352 e. The monoisotopic (exact) mass is 311 g/mol. The normalized spacial score (nSPS) is 10.8. The van der Waals surface area contributed by atoms with E-state index < -0.39 is 17.8 Å². The quantitative estimate of drug-likeness (QED) is 0.820. The van der Waals surface area contributed by atoms with Crippen LogP contribution >= 0.6 is 12.4 Å². The number of carbonyl (C=O) groups is 1. The topological polar surface area (TPSA) is 68.0 Å². The Morgan fingerprint density at radius 1 is 1.35 bits per heavy atom. The number of carbonyl (C=O) groups excluding carboxylic acids is 1. The first kappa shape index (κ1) is 18.7. The number of nitrogens with two attached hydrogens (primary N) is 1. The molecule has 4 nitrogen and oxygen atoms in total. The summed E-state index contributed by atoms with van der Waals surface area (Å²) in [6, 6.07) is 1.95. The molecule has 8 heteroatoms. The Morgan fingerprint density at radius 3 is 2.50 bits per heavy atom. The molecule has 3 N–H and O–H groups in total.